The van der Waals surface area contributed by atoms with Gasteiger partial charge in [0.15, 0.2) is 16.6 Å². The number of benzene rings is 1. The summed E-state index contributed by atoms with van der Waals surface area (Å²) in [7, 11) is 3.10. The standard InChI is InChI=1S/C22H26N4O4S2/c1-4-26-10-9-14-17(12-26)32-21(19(14)20(23)28)25-22(31)24-18(27)8-6-13-5-7-15(29-2)16(11-13)30-3/h5-8,11H,4,9-10,12H2,1-3H3,(H2,23,28)(H2,24,25,27,31)/b8-6+. The molecule has 0 bridgehead atoms. The second kappa shape index (κ2) is 10.6. The molecule has 3 rings (SSSR count). The van der Waals surface area contributed by atoms with Crippen molar-refractivity contribution < 1.29 is 19.1 Å². The van der Waals surface area contributed by atoms with Crippen LogP contribution >= 0.6 is 23.6 Å². The lowest BCUT2D eigenvalue weighted by Gasteiger charge is -2.25. The summed E-state index contributed by atoms with van der Waals surface area (Å²) in [6.07, 6.45) is 3.76. The number of nitrogens with one attached hydrogen (secondary N) is 2. The van der Waals surface area contributed by atoms with Gasteiger partial charge in [0.25, 0.3) is 5.91 Å². The first-order valence-electron chi connectivity index (χ1n) is 10.0. The number of thiocarbonyl (C=S) groups is 1. The van der Waals surface area contributed by atoms with E-state index in [9.17, 15) is 9.59 Å². The minimum absolute atomic E-state index is 0.0976. The van der Waals surface area contributed by atoms with E-state index in [4.69, 9.17) is 27.4 Å². The van der Waals surface area contributed by atoms with Crippen molar-refractivity contribution in [3.8, 4) is 11.5 Å². The molecule has 0 aliphatic carbocycles. The Balaban J connectivity index is 1.67. The molecular weight excluding hydrogens is 448 g/mol. The highest BCUT2D eigenvalue weighted by Gasteiger charge is 2.26. The molecule has 1 aromatic heterocycles. The Morgan fingerprint density at radius 2 is 2.03 bits per heavy atom. The van der Waals surface area contributed by atoms with Gasteiger partial charge in [-0.15, -0.1) is 11.3 Å². The maximum absolute atomic E-state index is 12.3. The monoisotopic (exact) mass is 474 g/mol. The molecule has 0 saturated carbocycles. The molecule has 10 heteroatoms. The van der Waals surface area contributed by atoms with Crippen molar-refractivity contribution in [2.24, 2.45) is 5.73 Å². The number of nitrogens with two attached hydrogens (primary N) is 1. The van der Waals surface area contributed by atoms with Gasteiger partial charge in [-0.05, 0) is 54.5 Å². The van der Waals surface area contributed by atoms with Crippen molar-refractivity contribution in [2.45, 2.75) is 19.9 Å². The normalized spacial score (nSPS) is 13.5. The molecule has 0 atom stereocenters. The Bertz CT molecular complexity index is 1060. The summed E-state index contributed by atoms with van der Waals surface area (Å²) in [4.78, 5) is 27.8. The molecule has 8 nitrogen and oxygen atoms in total. The third-order valence-electron chi connectivity index (χ3n) is 5.13. The fourth-order valence-corrected chi connectivity index (χ4v) is 5.06. The number of thiophene rings is 1. The van der Waals surface area contributed by atoms with Gasteiger partial charge in [-0.1, -0.05) is 13.0 Å². The van der Waals surface area contributed by atoms with Crippen LogP contribution in [0.15, 0.2) is 24.3 Å². The lowest BCUT2D eigenvalue weighted by atomic mass is 10.0. The molecule has 170 valence electrons. The average molecular weight is 475 g/mol. The molecule has 0 fully saturated rings. The van der Waals surface area contributed by atoms with E-state index in [1.165, 1.54) is 17.4 Å². The van der Waals surface area contributed by atoms with E-state index in [0.29, 0.717) is 22.1 Å². The number of ether oxygens (including phenoxy) is 2. The second-order valence-electron chi connectivity index (χ2n) is 7.08. The molecular formula is C22H26N4O4S2. The van der Waals surface area contributed by atoms with Gasteiger partial charge in [-0.25, -0.2) is 0 Å². The van der Waals surface area contributed by atoms with Gasteiger partial charge in [0.05, 0.1) is 19.8 Å². The Morgan fingerprint density at radius 3 is 2.69 bits per heavy atom. The van der Waals surface area contributed by atoms with E-state index >= 15 is 0 Å². The Labute approximate surface area is 196 Å². The van der Waals surface area contributed by atoms with Crippen LogP contribution in [0.2, 0.25) is 0 Å². The van der Waals surface area contributed by atoms with Gasteiger partial charge in [0.2, 0.25) is 5.91 Å². The summed E-state index contributed by atoms with van der Waals surface area (Å²) in [6, 6.07) is 5.32. The summed E-state index contributed by atoms with van der Waals surface area (Å²) in [6.45, 7) is 4.69. The van der Waals surface area contributed by atoms with Gasteiger partial charge in [0.1, 0.15) is 5.00 Å². The number of nitrogens with zero attached hydrogens (tertiary/aromatic N) is 1. The minimum Gasteiger partial charge on any atom is -0.493 e. The van der Waals surface area contributed by atoms with Crippen LogP contribution in [0.1, 0.15) is 33.3 Å². The molecule has 2 amide bonds. The van der Waals surface area contributed by atoms with Crippen molar-refractivity contribution in [1.82, 2.24) is 10.2 Å². The summed E-state index contributed by atoms with van der Waals surface area (Å²) in [5.41, 5.74) is 7.83. The van der Waals surface area contributed by atoms with E-state index in [1.54, 1.807) is 38.5 Å². The molecule has 32 heavy (non-hydrogen) atoms. The molecule has 1 aliphatic heterocycles. The fraction of sp³-hybridized carbons (Fsp3) is 0.318. The minimum atomic E-state index is -0.502. The Kier molecular flexibility index (Phi) is 7.84. The average Bonchev–Trinajstić information content (AvgIpc) is 3.14. The molecule has 2 aromatic rings. The fourth-order valence-electron chi connectivity index (χ4n) is 3.49. The molecule has 2 heterocycles. The first-order valence-corrected chi connectivity index (χ1v) is 11.3. The van der Waals surface area contributed by atoms with E-state index in [-0.39, 0.29) is 5.11 Å². The lowest BCUT2D eigenvalue weighted by molar-refractivity contribution is -0.115. The van der Waals surface area contributed by atoms with Crippen molar-refractivity contribution >= 4 is 51.6 Å². The van der Waals surface area contributed by atoms with Gasteiger partial charge in [0, 0.05) is 24.0 Å². The summed E-state index contributed by atoms with van der Waals surface area (Å²) < 4.78 is 10.5. The predicted molar refractivity (Wildman–Crippen MR) is 130 cm³/mol. The number of amides is 2. The van der Waals surface area contributed by atoms with Gasteiger partial charge in [-0.3, -0.25) is 19.8 Å². The van der Waals surface area contributed by atoms with Crippen LogP contribution < -0.4 is 25.8 Å². The van der Waals surface area contributed by atoms with Gasteiger partial charge < -0.3 is 20.5 Å². The quantitative estimate of drug-likeness (QED) is 0.419. The Morgan fingerprint density at radius 1 is 1.28 bits per heavy atom. The number of fused-ring (bicyclic) bond motifs is 1. The highest BCUT2D eigenvalue weighted by atomic mass is 32.1. The van der Waals surface area contributed by atoms with E-state index in [1.807, 2.05) is 0 Å². The number of rotatable bonds is 7. The molecule has 1 aromatic carbocycles. The van der Waals surface area contributed by atoms with Crippen LogP contribution in [0, 0.1) is 0 Å². The van der Waals surface area contributed by atoms with E-state index in [2.05, 4.69) is 22.5 Å². The zero-order chi connectivity index (χ0) is 23.3. The van der Waals surface area contributed by atoms with E-state index < -0.39 is 11.8 Å². The highest BCUT2D eigenvalue weighted by molar-refractivity contribution is 7.80. The number of hydrogen-bond acceptors (Lipinski definition) is 7. The summed E-state index contributed by atoms with van der Waals surface area (Å²) >= 11 is 6.73. The van der Waals surface area contributed by atoms with Crippen LogP contribution in [-0.2, 0) is 17.8 Å². The number of likely N-dealkylation sites (N-methyl/N-ethyl adjacent to an activating group) is 1. The SMILES string of the molecule is CCN1CCc2c(sc(NC(=S)NC(=O)/C=C/c3ccc(OC)c(OC)c3)c2C(N)=O)C1. The maximum Gasteiger partial charge on any atom is 0.251 e. The van der Waals surface area contributed by atoms with Crippen molar-refractivity contribution in [1.29, 1.82) is 0 Å². The number of methoxy groups -OCH3 is 2. The first kappa shape index (κ1) is 23.7. The molecule has 4 N–H and O–H groups in total. The van der Waals surface area contributed by atoms with E-state index in [0.717, 1.165) is 42.1 Å². The van der Waals surface area contributed by atoms with Crippen molar-refractivity contribution in [3.63, 3.8) is 0 Å². The topological polar surface area (TPSA) is 106 Å². The van der Waals surface area contributed by atoms with Gasteiger partial charge >= 0.3 is 0 Å². The number of hydrogen-bond donors (Lipinski definition) is 3. The van der Waals surface area contributed by atoms with Crippen molar-refractivity contribution in [2.75, 3.05) is 32.6 Å². The molecule has 0 radical (unpaired) electrons. The third-order valence-corrected chi connectivity index (χ3v) is 6.46. The zero-order valence-corrected chi connectivity index (χ0v) is 19.8. The van der Waals surface area contributed by atoms with Crippen LogP contribution in [0.3, 0.4) is 0 Å². The zero-order valence-electron chi connectivity index (χ0n) is 18.2. The summed E-state index contributed by atoms with van der Waals surface area (Å²) in [5, 5.41) is 6.23. The number of carbonyl (C=O) groups is 2. The smallest absolute Gasteiger partial charge is 0.251 e. The first-order chi connectivity index (χ1) is 15.4. The Hall–Kier alpha value is -2.95. The van der Waals surface area contributed by atoms with Crippen LogP contribution in [0.5, 0.6) is 11.5 Å². The van der Waals surface area contributed by atoms with Crippen LogP contribution in [0.25, 0.3) is 6.08 Å². The van der Waals surface area contributed by atoms with Crippen molar-refractivity contribution in [3.05, 3.63) is 45.8 Å². The lowest BCUT2D eigenvalue weighted by Crippen LogP contribution is -2.33. The largest absolute Gasteiger partial charge is 0.493 e. The highest BCUT2D eigenvalue weighted by Crippen LogP contribution is 2.36. The summed E-state index contributed by atoms with van der Waals surface area (Å²) in [5.74, 6) is 0.258. The molecule has 1 aliphatic rings. The maximum atomic E-state index is 12.3. The number of anilines is 1. The number of primary amides is 1. The molecule has 0 saturated heterocycles. The molecule has 0 spiro atoms. The van der Waals surface area contributed by atoms with Gasteiger partial charge in [-0.2, -0.15) is 0 Å². The second-order valence-corrected chi connectivity index (χ2v) is 8.60. The predicted octanol–water partition coefficient (Wildman–Crippen LogP) is 2.77. The third kappa shape index (κ3) is 5.45. The van der Waals surface area contributed by atoms with Crippen LogP contribution in [0.4, 0.5) is 5.00 Å². The number of carbonyl (C=O) groups excluding carboxylic acids is 2. The van der Waals surface area contributed by atoms with Crippen LogP contribution in [-0.4, -0.2) is 49.1 Å². The molecule has 0 unspecified atom stereocenters.